The molecule has 7 rings (SSSR count). The third kappa shape index (κ3) is 4.38. The topological polar surface area (TPSA) is 0 Å². The normalized spacial score (nSPS) is 11.8. The number of hydrogen-bond donors (Lipinski definition) is 0. The molecule has 0 saturated heterocycles. The zero-order valence-corrected chi connectivity index (χ0v) is 23.6. The van der Waals surface area contributed by atoms with E-state index in [1.807, 2.05) is 0 Å². The predicted octanol–water partition coefficient (Wildman–Crippen LogP) is 7.52. The first-order chi connectivity index (χ1) is 20.0. The van der Waals surface area contributed by atoms with E-state index in [0.717, 1.165) is 31.9 Å². The lowest BCUT2D eigenvalue weighted by Gasteiger charge is -2.34. The molecular formula is C36H23F3SSi. The van der Waals surface area contributed by atoms with E-state index < -0.39 is 8.07 Å². The highest BCUT2D eigenvalue weighted by Crippen LogP contribution is 2.36. The van der Waals surface area contributed by atoms with Crippen molar-refractivity contribution in [2.24, 2.45) is 0 Å². The lowest BCUT2D eigenvalue weighted by molar-refractivity contribution is 0.628. The number of fused-ring (bicyclic) bond motifs is 3. The molecule has 5 heteroatoms. The average molecular weight is 573 g/mol. The van der Waals surface area contributed by atoms with Crippen molar-refractivity contribution in [3.05, 3.63) is 157 Å². The first-order valence-electron chi connectivity index (χ1n) is 13.3. The van der Waals surface area contributed by atoms with E-state index in [1.165, 1.54) is 56.6 Å². The monoisotopic (exact) mass is 572 g/mol. The third-order valence-corrected chi connectivity index (χ3v) is 13.8. The molecule has 1 aromatic heterocycles. The average Bonchev–Trinajstić information content (AvgIpc) is 3.38. The van der Waals surface area contributed by atoms with Crippen molar-refractivity contribution < 1.29 is 13.2 Å². The largest absolute Gasteiger partial charge is 0.207 e. The Labute approximate surface area is 241 Å². The summed E-state index contributed by atoms with van der Waals surface area (Å²) in [6, 6.07) is 43.0. The second-order valence-electron chi connectivity index (χ2n) is 10.2. The van der Waals surface area contributed by atoms with E-state index >= 15 is 0 Å². The number of rotatable bonds is 5. The van der Waals surface area contributed by atoms with Gasteiger partial charge in [0.2, 0.25) is 0 Å². The smallest absolute Gasteiger partial charge is 0.179 e. The lowest BCUT2D eigenvalue weighted by atomic mass is 10.0. The maximum atomic E-state index is 14.1. The molecule has 0 aliphatic heterocycles. The number of thiophene rings is 1. The highest BCUT2D eigenvalue weighted by atomic mass is 32.1. The fourth-order valence-electron chi connectivity index (χ4n) is 5.92. The Bertz CT molecular complexity index is 1880. The summed E-state index contributed by atoms with van der Waals surface area (Å²) >= 11 is 1.79. The molecule has 0 bridgehead atoms. The van der Waals surface area contributed by atoms with Gasteiger partial charge in [-0.15, -0.1) is 11.3 Å². The van der Waals surface area contributed by atoms with Gasteiger partial charge in [-0.2, -0.15) is 0 Å². The van der Waals surface area contributed by atoms with Crippen molar-refractivity contribution in [1.82, 2.24) is 0 Å². The quantitative estimate of drug-likeness (QED) is 0.148. The molecule has 0 aliphatic carbocycles. The van der Waals surface area contributed by atoms with Crippen LogP contribution in [0.4, 0.5) is 13.2 Å². The van der Waals surface area contributed by atoms with Crippen LogP contribution in [0.2, 0.25) is 0 Å². The summed E-state index contributed by atoms with van der Waals surface area (Å²) in [6.07, 6.45) is 0. The molecule has 0 nitrogen and oxygen atoms in total. The molecule has 1 heterocycles. The fourth-order valence-corrected chi connectivity index (χ4v) is 11.7. The molecule has 41 heavy (non-hydrogen) atoms. The molecule has 0 amide bonds. The van der Waals surface area contributed by atoms with Crippen molar-refractivity contribution in [3.8, 4) is 11.1 Å². The van der Waals surface area contributed by atoms with Gasteiger partial charge in [0.05, 0.1) is 0 Å². The van der Waals surface area contributed by atoms with Gasteiger partial charge in [0.15, 0.2) is 8.07 Å². The van der Waals surface area contributed by atoms with Gasteiger partial charge >= 0.3 is 0 Å². The van der Waals surface area contributed by atoms with Crippen LogP contribution in [0.1, 0.15) is 0 Å². The first kappa shape index (κ1) is 25.5. The van der Waals surface area contributed by atoms with Gasteiger partial charge in [0, 0.05) is 20.2 Å². The molecular weight excluding hydrogens is 550 g/mol. The highest BCUT2D eigenvalue weighted by Gasteiger charge is 2.41. The van der Waals surface area contributed by atoms with Gasteiger partial charge in [-0.25, -0.2) is 13.2 Å². The van der Waals surface area contributed by atoms with E-state index in [1.54, 1.807) is 47.7 Å². The van der Waals surface area contributed by atoms with E-state index in [2.05, 4.69) is 66.7 Å². The molecule has 0 unspecified atom stereocenters. The first-order valence-corrected chi connectivity index (χ1v) is 16.1. The minimum absolute atomic E-state index is 0.332. The van der Waals surface area contributed by atoms with Crippen molar-refractivity contribution in [3.63, 3.8) is 0 Å². The summed E-state index contributed by atoms with van der Waals surface area (Å²) < 4.78 is 44.9. The van der Waals surface area contributed by atoms with Gasteiger partial charge in [-0.1, -0.05) is 91.0 Å². The van der Waals surface area contributed by atoms with Crippen molar-refractivity contribution in [1.29, 1.82) is 0 Å². The Morgan fingerprint density at radius 1 is 0.390 bits per heavy atom. The van der Waals surface area contributed by atoms with Crippen LogP contribution in [-0.2, 0) is 0 Å². The molecule has 0 N–H and O–H groups in total. The predicted molar refractivity (Wildman–Crippen MR) is 168 cm³/mol. The van der Waals surface area contributed by atoms with Crippen LogP contribution >= 0.6 is 11.3 Å². The minimum Gasteiger partial charge on any atom is -0.207 e. The molecule has 0 radical (unpaired) electrons. The Morgan fingerprint density at radius 3 is 1.32 bits per heavy atom. The molecule has 0 atom stereocenters. The van der Waals surface area contributed by atoms with Crippen molar-refractivity contribution >= 4 is 60.3 Å². The molecule has 0 aliphatic rings. The van der Waals surface area contributed by atoms with Gasteiger partial charge < -0.3 is 0 Å². The minimum atomic E-state index is -3.06. The zero-order chi connectivity index (χ0) is 28.0. The lowest BCUT2D eigenvalue weighted by Crippen LogP contribution is -2.74. The van der Waals surface area contributed by atoms with Crippen LogP contribution in [-0.4, -0.2) is 8.07 Å². The summed E-state index contributed by atoms with van der Waals surface area (Å²) in [5.41, 5.74) is 2.20. The number of hydrogen-bond acceptors (Lipinski definition) is 1. The van der Waals surface area contributed by atoms with E-state index in [0.29, 0.717) is 0 Å². The van der Waals surface area contributed by atoms with Gasteiger partial charge in [0.25, 0.3) is 0 Å². The molecule has 0 fully saturated rings. The highest BCUT2D eigenvalue weighted by molar-refractivity contribution is 7.25. The van der Waals surface area contributed by atoms with Gasteiger partial charge in [-0.3, -0.25) is 0 Å². The zero-order valence-electron chi connectivity index (χ0n) is 21.8. The summed E-state index contributed by atoms with van der Waals surface area (Å²) in [5, 5.41) is 6.34. The fraction of sp³-hybridized carbons (Fsp3) is 0. The molecule has 0 spiro atoms. The molecule has 6 aromatic carbocycles. The second kappa shape index (κ2) is 10.2. The van der Waals surface area contributed by atoms with Crippen LogP contribution in [0.15, 0.2) is 140 Å². The van der Waals surface area contributed by atoms with Crippen molar-refractivity contribution in [2.45, 2.75) is 0 Å². The standard InChI is InChI=1S/C36H23F3SSi/c37-26-8-16-30(17-9-26)41(31-18-10-27(38)11-19-31,32-20-12-28(39)13-21-32)29-14-5-24(6-15-29)25-7-22-34-33-3-1-2-4-35(33)40-36(34)23-25/h1-23H. The van der Waals surface area contributed by atoms with Gasteiger partial charge in [-0.05, 0) is 80.4 Å². The summed E-state index contributed by atoms with van der Waals surface area (Å²) in [5.74, 6) is -0.995. The summed E-state index contributed by atoms with van der Waals surface area (Å²) in [7, 11) is -3.06. The van der Waals surface area contributed by atoms with Gasteiger partial charge in [0.1, 0.15) is 17.5 Å². The second-order valence-corrected chi connectivity index (χ2v) is 15.1. The SMILES string of the molecule is Fc1ccc([Si](c2ccc(F)cc2)(c2ccc(F)cc2)c2ccc(-c3ccc4c(c3)sc3ccccc34)cc2)cc1. The molecule has 0 saturated carbocycles. The summed E-state index contributed by atoms with van der Waals surface area (Å²) in [4.78, 5) is 0. The Kier molecular flexibility index (Phi) is 6.34. The number of benzene rings is 6. The van der Waals surface area contributed by atoms with E-state index in [4.69, 9.17) is 0 Å². The molecule has 7 aromatic rings. The van der Waals surface area contributed by atoms with Crippen LogP contribution < -0.4 is 20.7 Å². The molecule has 198 valence electrons. The Hall–Kier alpha value is -4.45. The van der Waals surface area contributed by atoms with Crippen LogP contribution in [0.3, 0.4) is 0 Å². The van der Waals surface area contributed by atoms with Crippen molar-refractivity contribution in [2.75, 3.05) is 0 Å². The summed E-state index contributed by atoms with van der Waals surface area (Å²) in [6.45, 7) is 0. The van der Waals surface area contributed by atoms with Crippen LogP contribution in [0.25, 0.3) is 31.3 Å². The van der Waals surface area contributed by atoms with E-state index in [9.17, 15) is 13.2 Å². The van der Waals surface area contributed by atoms with Crippen LogP contribution in [0, 0.1) is 17.5 Å². The maximum absolute atomic E-state index is 14.1. The maximum Gasteiger partial charge on any atom is 0.179 e. The number of halogens is 3. The Morgan fingerprint density at radius 2 is 0.805 bits per heavy atom. The Balaban J connectivity index is 1.42. The van der Waals surface area contributed by atoms with E-state index in [-0.39, 0.29) is 17.5 Å². The van der Waals surface area contributed by atoms with Crippen LogP contribution in [0.5, 0.6) is 0 Å². The third-order valence-electron chi connectivity index (χ3n) is 7.86.